The minimum Gasteiger partial charge on any atom is -0.467 e. The van der Waals surface area contributed by atoms with Gasteiger partial charge in [0.2, 0.25) is 0 Å². The van der Waals surface area contributed by atoms with Crippen LogP contribution in [0.3, 0.4) is 0 Å². The summed E-state index contributed by atoms with van der Waals surface area (Å²) < 4.78 is 16.4. The van der Waals surface area contributed by atoms with Crippen molar-refractivity contribution in [2.24, 2.45) is 0 Å². The summed E-state index contributed by atoms with van der Waals surface area (Å²) in [6.07, 6.45) is 1.04. The van der Waals surface area contributed by atoms with E-state index >= 15 is 0 Å². The Morgan fingerprint density at radius 2 is 1.88 bits per heavy atom. The summed E-state index contributed by atoms with van der Waals surface area (Å²) >= 11 is 0. The summed E-state index contributed by atoms with van der Waals surface area (Å²) in [6.45, 7) is 11.8. The topological polar surface area (TPSA) is 85.3 Å². The van der Waals surface area contributed by atoms with Gasteiger partial charge in [-0.15, -0.1) is 11.8 Å². The second-order valence-electron chi connectivity index (χ2n) is 10.4. The SMILES string of the molecule is COC(=O)[C@@H]1C[C@@](O)(CC#CCCCO[Si](C)(C)C(C)(C)C)CN1C(=O)OCc1ccccc1. The van der Waals surface area contributed by atoms with Gasteiger partial charge in [-0.25, -0.2) is 9.59 Å². The maximum Gasteiger partial charge on any atom is 0.410 e. The van der Waals surface area contributed by atoms with Crippen LogP contribution >= 0.6 is 0 Å². The van der Waals surface area contributed by atoms with E-state index in [4.69, 9.17) is 13.9 Å². The van der Waals surface area contributed by atoms with Crippen LogP contribution in [0.25, 0.3) is 0 Å². The van der Waals surface area contributed by atoms with Gasteiger partial charge in [0.1, 0.15) is 12.6 Å². The highest BCUT2D eigenvalue weighted by molar-refractivity contribution is 6.74. The van der Waals surface area contributed by atoms with E-state index in [2.05, 4.69) is 45.7 Å². The van der Waals surface area contributed by atoms with Gasteiger partial charge in [0.25, 0.3) is 0 Å². The highest BCUT2D eigenvalue weighted by Crippen LogP contribution is 2.36. The molecular weight excluding hydrogens is 450 g/mol. The Labute approximate surface area is 204 Å². The van der Waals surface area contributed by atoms with Crippen molar-refractivity contribution in [3.8, 4) is 11.8 Å². The van der Waals surface area contributed by atoms with E-state index in [0.717, 1.165) is 12.0 Å². The van der Waals surface area contributed by atoms with Crippen LogP contribution in [0, 0.1) is 11.8 Å². The summed E-state index contributed by atoms with van der Waals surface area (Å²) in [5.41, 5.74) is -0.460. The van der Waals surface area contributed by atoms with Crippen LogP contribution in [-0.2, 0) is 25.3 Å². The van der Waals surface area contributed by atoms with E-state index in [9.17, 15) is 14.7 Å². The van der Waals surface area contributed by atoms with E-state index < -0.39 is 32.0 Å². The number of β-amino-alcohol motifs (C(OH)–C–C–N with tert-alkyl or cyclic N) is 1. The molecule has 2 rings (SSSR count). The molecule has 2 atom stereocenters. The van der Waals surface area contributed by atoms with Crippen molar-refractivity contribution in [2.75, 3.05) is 20.3 Å². The molecule has 1 fully saturated rings. The van der Waals surface area contributed by atoms with Gasteiger partial charge in [0.15, 0.2) is 8.32 Å². The number of aliphatic hydroxyl groups is 1. The molecule has 1 aliphatic rings. The average molecular weight is 490 g/mol. The summed E-state index contributed by atoms with van der Waals surface area (Å²) in [5.74, 6) is 5.52. The molecule has 1 aliphatic heterocycles. The fourth-order valence-electron chi connectivity index (χ4n) is 3.45. The molecule has 0 saturated carbocycles. The van der Waals surface area contributed by atoms with E-state index in [1.807, 2.05) is 30.3 Å². The van der Waals surface area contributed by atoms with Crippen LogP contribution < -0.4 is 0 Å². The molecule has 1 aromatic rings. The fourth-order valence-corrected chi connectivity index (χ4v) is 4.54. The predicted molar refractivity (Wildman–Crippen MR) is 133 cm³/mol. The molecule has 0 radical (unpaired) electrons. The van der Waals surface area contributed by atoms with Crippen molar-refractivity contribution in [1.29, 1.82) is 0 Å². The molecule has 188 valence electrons. The van der Waals surface area contributed by atoms with Crippen LogP contribution in [-0.4, -0.2) is 62.3 Å². The number of hydrogen-bond donors (Lipinski definition) is 1. The van der Waals surface area contributed by atoms with E-state index in [0.29, 0.717) is 13.0 Å². The molecule has 1 amide bonds. The number of methoxy groups -OCH3 is 1. The maximum atomic E-state index is 12.7. The molecule has 1 saturated heterocycles. The smallest absolute Gasteiger partial charge is 0.410 e. The van der Waals surface area contributed by atoms with E-state index in [1.165, 1.54) is 12.0 Å². The number of carbonyl (C=O) groups is 2. The molecule has 0 spiro atoms. The third kappa shape index (κ3) is 7.86. The first-order valence-electron chi connectivity index (χ1n) is 11.8. The van der Waals surface area contributed by atoms with Gasteiger partial charge >= 0.3 is 12.1 Å². The lowest BCUT2D eigenvalue weighted by atomic mass is 9.96. The largest absolute Gasteiger partial charge is 0.467 e. The van der Waals surface area contributed by atoms with Crippen molar-refractivity contribution in [2.45, 2.75) is 82.8 Å². The standard InChI is InChI=1S/C26H39NO6Si/c1-25(2,3)34(5,6)33-17-13-8-7-12-16-26(30)18-22(23(28)31-4)27(20-26)24(29)32-19-21-14-10-9-11-15-21/h9-11,14-15,22,30H,8,13,16-20H2,1-6H3/t22-,26-/m0/s1. The molecule has 0 aliphatic carbocycles. The minimum absolute atomic E-state index is 0.0381. The highest BCUT2D eigenvalue weighted by Gasteiger charge is 2.48. The van der Waals surface area contributed by atoms with Crippen LogP contribution in [0.4, 0.5) is 4.79 Å². The van der Waals surface area contributed by atoms with E-state index in [1.54, 1.807) is 0 Å². The van der Waals surface area contributed by atoms with Gasteiger partial charge in [-0.1, -0.05) is 51.1 Å². The number of carbonyl (C=O) groups excluding carboxylic acids is 2. The molecule has 7 nitrogen and oxygen atoms in total. The first kappa shape index (κ1) is 27.9. The second-order valence-corrected chi connectivity index (χ2v) is 15.2. The summed E-state index contributed by atoms with van der Waals surface area (Å²) in [4.78, 5) is 26.2. The predicted octanol–water partition coefficient (Wildman–Crippen LogP) is 4.50. The Balaban J connectivity index is 1.88. The zero-order valence-corrected chi connectivity index (χ0v) is 22.3. The maximum absolute atomic E-state index is 12.7. The van der Waals surface area contributed by atoms with Gasteiger partial charge < -0.3 is 19.0 Å². The first-order valence-corrected chi connectivity index (χ1v) is 14.7. The van der Waals surface area contributed by atoms with Gasteiger partial charge in [0, 0.05) is 25.9 Å². The number of hydrogen-bond acceptors (Lipinski definition) is 6. The van der Waals surface area contributed by atoms with Crippen LogP contribution in [0.5, 0.6) is 0 Å². The number of likely N-dealkylation sites (tertiary alicyclic amines) is 1. The van der Waals surface area contributed by atoms with Crippen LogP contribution in [0.2, 0.25) is 18.1 Å². The van der Waals surface area contributed by atoms with Gasteiger partial charge in [-0.05, 0) is 30.1 Å². The molecule has 1 heterocycles. The van der Waals surface area contributed by atoms with Crippen LogP contribution in [0.1, 0.15) is 52.0 Å². The molecule has 8 heteroatoms. The Bertz CT molecular complexity index is 886. The summed E-state index contributed by atoms with van der Waals surface area (Å²) in [6, 6.07) is 8.37. The Morgan fingerprint density at radius 1 is 1.21 bits per heavy atom. The van der Waals surface area contributed by atoms with Crippen molar-refractivity contribution in [3.05, 3.63) is 35.9 Å². The Morgan fingerprint density at radius 3 is 2.50 bits per heavy atom. The summed E-state index contributed by atoms with van der Waals surface area (Å²) in [7, 11) is -0.494. The van der Waals surface area contributed by atoms with Crippen LogP contribution in [0.15, 0.2) is 30.3 Å². The normalized spacial score (nSPS) is 20.4. The third-order valence-electron chi connectivity index (χ3n) is 6.58. The zero-order chi connectivity index (χ0) is 25.4. The Kier molecular flexibility index (Phi) is 9.74. The molecule has 0 unspecified atom stereocenters. The number of ether oxygens (including phenoxy) is 2. The second kappa shape index (κ2) is 11.9. The third-order valence-corrected chi connectivity index (χ3v) is 11.1. The lowest BCUT2D eigenvalue weighted by Gasteiger charge is -2.36. The fraction of sp³-hybridized carbons (Fsp3) is 0.615. The quantitative estimate of drug-likeness (QED) is 0.251. The number of esters is 1. The van der Waals surface area contributed by atoms with Crippen molar-refractivity contribution in [3.63, 3.8) is 0 Å². The highest BCUT2D eigenvalue weighted by atomic mass is 28.4. The minimum atomic E-state index is -1.76. The van der Waals surface area contributed by atoms with E-state index in [-0.39, 0.29) is 31.0 Å². The molecule has 34 heavy (non-hydrogen) atoms. The lowest BCUT2D eigenvalue weighted by molar-refractivity contribution is -0.145. The van der Waals surface area contributed by atoms with Crippen molar-refractivity contribution in [1.82, 2.24) is 4.90 Å². The first-order chi connectivity index (χ1) is 15.9. The molecule has 1 N–H and O–H groups in total. The van der Waals surface area contributed by atoms with Crippen molar-refractivity contribution < 1.29 is 28.6 Å². The lowest BCUT2D eigenvalue weighted by Crippen LogP contribution is -2.42. The monoisotopic (exact) mass is 489 g/mol. The number of rotatable bonds is 8. The number of nitrogens with zero attached hydrogens (tertiary/aromatic N) is 1. The zero-order valence-electron chi connectivity index (χ0n) is 21.3. The molecule has 1 aromatic carbocycles. The number of amides is 1. The van der Waals surface area contributed by atoms with Crippen molar-refractivity contribution >= 4 is 20.4 Å². The molecule has 0 aromatic heterocycles. The summed E-state index contributed by atoms with van der Waals surface area (Å²) in [5, 5.41) is 11.2. The molecule has 0 bridgehead atoms. The average Bonchev–Trinajstić information content (AvgIpc) is 3.14. The molecular formula is C26H39NO6Si. The number of unbranched alkanes of at least 4 members (excludes halogenated alkanes) is 1. The van der Waals surface area contributed by atoms with Gasteiger partial charge in [0.05, 0.1) is 19.3 Å². The van der Waals surface area contributed by atoms with Gasteiger partial charge in [-0.3, -0.25) is 4.90 Å². The number of benzene rings is 1. The van der Waals surface area contributed by atoms with Gasteiger partial charge in [-0.2, -0.15) is 0 Å². The Hall–Kier alpha value is -2.34.